The highest BCUT2D eigenvalue weighted by Crippen LogP contribution is 2.29. The Morgan fingerprint density at radius 1 is 1.20 bits per heavy atom. The number of rotatable bonds is 2. The number of thiazole rings is 1. The van der Waals surface area contributed by atoms with Crippen molar-refractivity contribution >= 4 is 28.9 Å². The van der Waals surface area contributed by atoms with Crippen LogP contribution in [-0.4, -0.2) is 12.0 Å². The Kier molecular flexibility index (Phi) is 4.12. The van der Waals surface area contributed by atoms with Crippen molar-refractivity contribution in [3.63, 3.8) is 0 Å². The fourth-order valence-corrected chi connectivity index (χ4v) is 2.16. The molecular formula is C11H13ClN2S. The maximum absolute atomic E-state index is 4.51. The Bertz CT molecular complexity index is 425. The molecule has 0 amide bonds. The Balaban J connectivity index is 0.00000112. The van der Waals surface area contributed by atoms with Crippen molar-refractivity contribution < 1.29 is 0 Å². The number of hydrogen-bond donors (Lipinski definition) is 1. The van der Waals surface area contributed by atoms with Crippen molar-refractivity contribution in [1.29, 1.82) is 0 Å². The second-order valence-corrected chi connectivity index (χ2v) is 4.24. The molecule has 15 heavy (non-hydrogen) atoms. The fraction of sp³-hybridized carbons (Fsp3) is 0.182. The molecule has 4 heteroatoms. The van der Waals surface area contributed by atoms with E-state index in [4.69, 9.17) is 0 Å². The molecule has 1 aromatic heterocycles. The van der Waals surface area contributed by atoms with E-state index < -0.39 is 0 Å². The molecule has 0 saturated heterocycles. The predicted molar refractivity (Wildman–Crippen MR) is 69.1 cm³/mol. The van der Waals surface area contributed by atoms with Gasteiger partial charge in [0.25, 0.3) is 0 Å². The van der Waals surface area contributed by atoms with Gasteiger partial charge in [-0.1, -0.05) is 30.3 Å². The molecule has 0 aliphatic carbocycles. The zero-order valence-electron chi connectivity index (χ0n) is 8.65. The Morgan fingerprint density at radius 2 is 1.87 bits per heavy atom. The summed E-state index contributed by atoms with van der Waals surface area (Å²) in [6.07, 6.45) is 0. The Morgan fingerprint density at radius 3 is 2.40 bits per heavy atom. The highest BCUT2D eigenvalue weighted by Gasteiger charge is 2.07. The van der Waals surface area contributed by atoms with Crippen molar-refractivity contribution in [3.05, 3.63) is 35.2 Å². The summed E-state index contributed by atoms with van der Waals surface area (Å²) in [5, 5.41) is 4.04. The van der Waals surface area contributed by atoms with Gasteiger partial charge in [0.2, 0.25) is 0 Å². The SMILES string of the molecule is CNc1nc(-c2ccccc2)c(C)s1.Cl. The van der Waals surface area contributed by atoms with Gasteiger partial charge in [0.05, 0.1) is 5.69 Å². The molecule has 1 heterocycles. The van der Waals surface area contributed by atoms with Gasteiger partial charge in [0.1, 0.15) is 0 Å². The Hall–Kier alpha value is -1.06. The third kappa shape index (κ3) is 2.49. The summed E-state index contributed by atoms with van der Waals surface area (Å²) in [5.41, 5.74) is 2.27. The van der Waals surface area contributed by atoms with E-state index in [1.165, 1.54) is 10.4 Å². The summed E-state index contributed by atoms with van der Waals surface area (Å²) in [6, 6.07) is 10.3. The van der Waals surface area contributed by atoms with E-state index in [0.29, 0.717) is 0 Å². The van der Waals surface area contributed by atoms with E-state index in [1.54, 1.807) is 11.3 Å². The lowest BCUT2D eigenvalue weighted by Crippen LogP contribution is -1.86. The average molecular weight is 241 g/mol. The number of halogens is 1. The third-order valence-electron chi connectivity index (χ3n) is 2.06. The van der Waals surface area contributed by atoms with Gasteiger partial charge >= 0.3 is 0 Å². The van der Waals surface area contributed by atoms with Crippen molar-refractivity contribution in [1.82, 2.24) is 4.98 Å². The van der Waals surface area contributed by atoms with Gasteiger partial charge in [-0.15, -0.1) is 23.7 Å². The lowest BCUT2D eigenvalue weighted by molar-refractivity contribution is 1.34. The van der Waals surface area contributed by atoms with Crippen LogP contribution >= 0.6 is 23.7 Å². The highest BCUT2D eigenvalue weighted by atomic mass is 35.5. The zero-order chi connectivity index (χ0) is 9.97. The molecule has 1 N–H and O–H groups in total. The first-order valence-electron chi connectivity index (χ1n) is 4.52. The maximum Gasteiger partial charge on any atom is 0.183 e. The molecule has 1 aromatic carbocycles. The van der Waals surface area contributed by atoms with E-state index in [0.717, 1.165) is 10.8 Å². The van der Waals surface area contributed by atoms with Crippen LogP contribution in [0.1, 0.15) is 4.88 Å². The summed E-state index contributed by atoms with van der Waals surface area (Å²) < 4.78 is 0. The van der Waals surface area contributed by atoms with Crippen molar-refractivity contribution in [2.75, 3.05) is 12.4 Å². The molecule has 2 aromatic rings. The van der Waals surface area contributed by atoms with Gasteiger partial charge in [0.15, 0.2) is 5.13 Å². The number of nitrogens with one attached hydrogen (secondary N) is 1. The number of aromatic nitrogens is 1. The number of benzene rings is 1. The van der Waals surface area contributed by atoms with Gasteiger partial charge in [-0.25, -0.2) is 4.98 Å². The standard InChI is InChI=1S/C11H12N2S.ClH/c1-8-10(13-11(12-2)14-8)9-6-4-3-5-7-9;/h3-7H,1-2H3,(H,12,13);1H. The maximum atomic E-state index is 4.51. The van der Waals surface area contributed by atoms with Crippen LogP contribution in [0.3, 0.4) is 0 Å². The molecule has 2 rings (SSSR count). The van der Waals surface area contributed by atoms with E-state index in [-0.39, 0.29) is 12.4 Å². The summed E-state index contributed by atoms with van der Waals surface area (Å²) in [7, 11) is 1.90. The molecule has 0 saturated carbocycles. The molecule has 0 aliphatic rings. The molecule has 0 unspecified atom stereocenters. The molecule has 0 bridgehead atoms. The van der Waals surface area contributed by atoms with Crippen LogP contribution < -0.4 is 5.32 Å². The van der Waals surface area contributed by atoms with Crippen molar-refractivity contribution in [3.8, 4) is 11.3 Å². The molecule has 2 nitrogen and oxygen atoms in total. The minimum Gasteiger partial charge on any atom is -0.365 e. The second kappa shape index (κ2) is 5.14. The molecule has 0 spiro atoms. The molecule has 0 atom stereocenters. The number of nitrogens with zero attached hydrogens (tertiary/aromatic N) is 1. The summed E-state index contributed by atoms with van der Waals surface area (Å²) >= 11 is 1.69. The molecule has 0 aliphatic heterocycles. The Labute approximate surface area is 99.8 Å². The molecule has 0 fully saturated rings. The topological polar surface area (TPSA) is 24.9 Å². The van der Waals surface area contributed by atoms with Gasteiger partial charge in [-0.05, 0) is 6.92 Å². The van der Waals surface area contributed by atoms with E-state index >= 15 is 0 Å². The first kappa shape index (κ1) is 12.0. The summed E-state index contributed by atoms with van der Waals surface area (Å²) in [5.74, 6) is 0. The summed E-state index contributed by atoms with van der Waals surface area (Å²) in [6.45, 7) is 2.10. The minimum atomic E-state index is 0. The number of hydrogen-bond acceptors (Lipinski definition) is 3. The smallest absolute Gasteiger partial charge is 0.183 e. The van der Waals surface area contributed by atoms with Crippen LogP contribution in [0.25, 0.3) is 11.3 Å². The average Bonchev–Trinajstić information content (AvgIpc) is 2.61. The van der Waals surface area contributed by atoms with Crippen LogP contribution in [0.2, 0.25) is 0 Å². The van der Waals surface area contributed by atoms with Crippen LogP contribution in [0.5, 0.6) is 0 Å². The predicted octanol–water partition coefficient (Wildman–Crippen LogP) is 3.58. The first-order chi connectivity index (χ1) is 6.81. The van der Waals surface area contributed by atoms with E-state index in [1.807, 2.05) is 25.2 Å². The monoisotopic (exact) mass is 240 g/mol. The largest absolute Gasteiger partial charge is 0.365 e. The first-order valence-corrected chi connectivity index (χ1v) is 5.33. The minimum absolute atomic E-state index is 0. The molecule has 80 valence electrons. The van der Waals surface area contributed by atoms with Crippen molar-refractivity contribution in [2.45, 2.75) is 6.92 Å². The van der Waals surface area contributed by atoms with Gasteiger partial charge < -0.3 is 5.32 Å². The van der Waals surface area contributed by atoms with Crippen LogP contribution in [-0.2, 0) is 0 Å². The summed E-state index contributed by atoms with van der Waals surface area (Å²) in [4.78, 5) is 5.76. The van der Waals surface area contributed by atoms with Crippen LogP contribution in [0, 0.1) is 6.92 Å². The molecule has 0 radical (unpaired) electrons. The quantitative estimate of drug-likeness (QED) is 0.868. The van der Waals surface area contributed by atoms with Crippen LogP contribution in [0.15, 0.2) is 30.3 Å². The zero-order valence-corrected chi connectivity index (χ0v) is 10.3. The fourth-order valence-electron chi connectivity index (χ4n) is 1.37. The molecular weight excluding hydrogens is 228 g/mol. The number of aryl methyl sites for hydroxylation is 1. The lowest BCUT2D eigenvalue weighted by atomic mass is 10.1. The van der Waals surface area contributed by atoms with Gasteiger partial charge in [-0.2, -0.15) is 0 Å². The lowest BCUT2D eigenvalue weighted by Gasteiger charge is -1.96. The van der Waals surface area contributed by atoms with Crippen molar-refractivity contribution in [2.24, 2.45) is 0 Å². The van der Waals surface area contributed by atoms with Gasteiger partial charge in [-0.3, -0.25) is 0 Å². The number of anilines is 1. The van der Waals surface area contributed by atoms with E-state index in [2.05, 4.69) is 29.4 Å². The van der Waals surface area contributed by atoms with Crippen LogP contribution in [0.4, 0.5) is 5.13 Å². The third-order valence-corrected chi connectivity index (χ3v) is 3.05. The highest BCUT2D eigenvalue weighted by molar-refractivity contribution is 7.15. The van der Waals surface area contributed by atoms with E-state index in [9.17, 15) is 0 Å². The van der Waals surface area contributed by atoms with Gasteiger partial charge in [0, 0.05) is 17.5 Å². The normalized spacial score (nSPS) is 9.47. The second-order valence-electron chi connectivity index (χ2n) is 3.04.